The first-order valence-corrected chi connectivity index (χ1v) is 35.2. The van der Waals surface area contributed by atoms with Gasteiger partial charge in [0.15, 0.2) is 5.12 Å². The first-order valence-electron chi connectivity index (χ1n) is 34.2. The van der Waals surface area contributed by atoms with E-state index in [2.05, 4.69) is 10.2 Å². The van der Waals surface area contributed by atoms with Gasteiger partial charge in [-0.05, 0) is 326 Å². The van der Waals surface area contributed by atoms with E-state index in [4.69, 9.17) is 9.47 Å². The van der Waals surface area contributed by atoms with Gasteiger partial charge in [0, 0.05) is 45.3 Å². The number of hydrogen-bond acceptors (Lipinski definition) is 6. The maximum Gasteiger partial charge on any atom is 0.220 e. The third kappa shape index (κ3) is 2.99. The van der Waals surface area contributed by atoms with Crippen LogP contribution in [0.1, 0.15) is 93.4 Å². The second-order valence-electron chi connectivity index (χ2n) is 31.1. The van der Waals surface area contributed by atoms with Crippen molar-refractivity contribution in [1.29, 1.82) is 0 Å². The largest absolute Gasteiger partial charge is 0.378 e. The molecule has 7 heteroatoms. The lowest BCUT2D eigenvalue weighted by molar-refractivity contribution is -0.121. The van der Waals surface area contributed by atoms with Gasteiger partial charge in [0.2, 0.25) is 5.91 Å². The van der Waals surface area contributed by atoms with Crippen LogP contribution < -0.4 is 5.32 Å². The molecule has 1 fully saturated rings. The molecule has 1 aliphatic heterocycles. The standard InChI is InChI=1S/C82H42N2O4S/c1-21(85)89-18-10-8-6-4-2-3-5-7-9-11-22(86)83-12-14-87-16-17-88-15-13-84-19-81-77-69-61-51-41-33-25-23-24-27-31-29(25)37-45-39(31)49-43-35(27)36-28(24)32-30-26(23)34(33)42-48-38(30)46-40(32)50-44(36)54-53(43)63-57(49)67-59(45)65(55(61)47(37)41)73(77)75(67)79-71(63)72-64(54)58(50)68-60(46)66-56(48)62(52(42)51)70(69)78(81)74(66)76(68)80(72)82(79,81)20-84/h2-20H2,1H3,(H,83,86). The summed E-state index contributed by atoms with van der Waals surface area (Å²) >= 11 is 1.45. The van der Waals surface area contributed by atoms with Crippen molar-refractivity contribution in [2.24, 2.45) is 0 Å². The van der Waals surface area contributed by atoms with Crippen molar-refractivity contribution in [2.75, 3.05) is 58.4 Å². The number of nitrogens with one attached hydrogen (secondary N) is 1. The molecule has 5 aliphatic rings. The maximum atomic E-state index is 12.8. The summed E-state index contributed by atoms with van der Waals surface area (Å²) in [5.74, 6) is 1.09. The van der Waals surface area contributed by atoms with Gasteiger partial charge >= 0.3 is 0 Å². The average molecular weight is 1150 g/mol. The van der Waals surface area contributed by atoms with Gasteiger partial charge in [0.25, 0.3) is 0 Å². The van der Waals surface area contributed by atoms with E-state index in [0.29, 0.717) is 39.4 Å². The van der Waals surface area contributed by atoms with Crippen molar-refractivity contribution in [3.05, 3.63) is 22.3 Å². The Bertz CT molecular complexity index is 7090. The Labute approximate surface area is 502 Å². The van der Waals surface area contributed by atoms with Crippen LogP contribution in [0.2, 0.25) is 0 Å². The summed E-state index contributed by atoms with van der Waals surface area (Å²) in [6.07, 6.45) is 11.2. The van der Waals surface area contributed by atoms with Crippen molar-refractivity contribution in [2.45, 2.75) is 82.0 Å². The van der Waals surface area contributed by atoms with E-state index in [0.717, 1.165) is 44.6 Å². The highest BCUT2D eigenvalue weighted by Crippen LogP contribution is 2.85. The fourth-order valence-electron chi connectivity index (χ4n) is 27.7. The smallest absolute Gasteiger partial charge is 0.220 e. The minimum Gasteiger partial charge on any atom is -0.378 e. The SMILES string of the molecule is CC(=O)SCCCCCCCCCCCC(=O)NCCOCCOCCN1CC23c4c5c6c7c8c9c(c%10c%11c2c2c4c4c%12c5c5c6c6c8c8c%13c9c9c%10c%10c%11c%11c2c2c4c4c%12c%12c5c5c6c8c6c8c%13c9c9c%10c%10c%11c2c2c4c4c%12c5c6c5c8c9c%10c2c45)C73C1. The molecule has 410 valence electrons. The minimum absolute atomic E-state index is 0.136. The lowest BCUT2D eigenvalue weighted by Crippen LogP contribution is -2.51. The molecule has 4 aliphatic carbocycles. The summed E-state index contributed by atoms with van der Waals surface area (Å²) in [6.45, 7) is 7.40. The molecular formula is C82H42N2O4S. The summed E-state index contributed by atoms with van der Waals surface area (Å²) in [5.41, 5.74) is 6.54. The summed E-state index contributed by atoms with van der Waals surface area (Å²) in [5, 5.41) is 92.9. The number of thioether (sulfide) groups is 1. The molecule has 2 spiro atoms. The topological polar surface area (TPSA) is 67.9 Å². The zero-order valence-corrected chi connectivity index (χ0v) is 49.2. The molecule has 0 aromatic heterocycles. The highest BCUT2D eigenvalue weighted by molar-refractivity contribution is 8.13. The molecule has 6 nitrogen and oxygen atoms in total. The monoisotopic (exact) mass is 1150 g/mol. The van der Waals surface area contributed by atoms with Gasteiger partial charge in [0.05, 0.1) is 37.3 Å². The van der Waals surface area contributed by atoms with E-state index < -0.39 is 0 Å². The molecule has 33 rings (SSSR count). The number of carbonyl (C=O) groups is 2. The molecule has 89 heavy (non-hydrogen) atoms. The number of nitrogens with zero attached hydrogens (tertiary/aromatic N) is 1. The zero-order chi connectivity index (χ0) is 55.5. The average Bonchev–Trinajstić information content (AvgIpc) is 1.38. The summed E-state index contributed by atoms with van der Waals surface area (Å²) in [4.78, 5) is 26.9. The molecule has 28 aromatic rings. The van der Waals surface area contributed by atoms with E-state index >= 15 is 0 Å². The molecule has 1 saturated heterocycles. The lowest BCUT2D eigenvalue weighted by Gasteiger charge is -2.49. The van der Waals surface area contributed by atoms with Gasteiger partial charge in [-0.2, -0.15) is 0 Å². The first kappa shape index (κ1) is 41.2. The Morgan fingerprint density at radius 1 is 0.326 bits per heavy atom. The highest BCUT2D eigenvalue weighted by Gasteiger charge is 2.72. The summed E-state index contributed by atoms with van der Waals surface area (Å²) in [7, 11) is 0. The van der Waals surface area contributed by atoms with Crippen molar-refractivity contribution in [3.63, 3.8) is 0 Å². The number of rotatable bonds is 21. The molecule has 0 radical (unpaired) electrons. The highest BCUT2D eigenvalue weighted by atomic mass is 32.2. The molecule has 1 amide bonds. The van der Waals surface area contributed by atoms with E-state index in [1.165, 1.54) is 50.3 Å². The van der Waals surface area contributed by atoms with Crippen molar-refractivity contribution < 1.29 is 19.1 Å². The van der Waals surface area contributed by atoms with Crippen molar-refractivity contribution in [1.82, 2.24) is 10.2 Å². The first-order chi connectivity index (χ1) is 44.1. The van der Waals surface area contributed by atoms with Gasteiger partial charge < -0.3 is 14.8 Å². The Kier molecular flexibility index (Phi) is 5.21. The quantitative estimate of drug-likeness (QED) is 0.0571. The number of ether oxygens (including phenoxy) is 2. The number of hydrogen-bond donors (Lipinski definition) is 1. The predicted molar refractivity (Wildman–Crippen MR) is 374 cm³/mol. The molecular weight excluding hydrogens is 1110 g/mol. The molecule has 28 aromatic carbocycles. The number of likely N-dealkylation sites (tertiary alicyclic amines) is 1. The summed E-state index contributed by atoms with van der Waals surface area (Å²) in [6, 6.07) is 0. The third-order valence-corrected chi connectivity index (χ3v) is 29.9. The second-order valence-corrected chi connectivity index (χ2v) is 32.4. The minimum atomic E-state index is -0.246. The van der Waals surface area contributed by atoms with Gasteiger partial charge in [-0.25, -0.2) is 0 Å². The van der Waals surface area contributed by atoms with Gasteiger partial charge in [-0.3, -0.25) is 14.5 Å². The molecule has 0 saturated carbocycles. The van der Waals surface area contributed by atoms with Gasteiger partial charge in [-0.1, -0.05) is 56.7 Å². The van der Waals surface area contributed by atoms with Crippen LogP contribution >= 0.6 is 11.8 Å². The van der Waals surface area contributed by atoms with E-state index in [1.807, 2.05) is 0 Å². The van der Waals surface area contributed by atoms with Crippen LogP contribution in [0.4, 0.5) is 0 Å². The van der Waals surface area contributed by atoms with Gasteiger partial charge in [-0.15, -0.1) is 0 Å². The third-order valence-electron chi connectivity index (χ3n) is 29.0. The van der Waals surface area contributed by atoms with E-state index in [1.54, 1.807) is 320 Å². The van der Waals surface area contributed by atoms with Crippen LogP contribution in [0.15, 0.2) is 0 Å². The van der Waals surface area contributed by atoms with Crippen molar-refractivity contribution in [3.8, 4) is 0 Å². The molecule has 1 N–H and O–H groups in total. The Morgan fingerprint density at radius 3 is 0.831 bits per heavy atom. The number of carbonyl (C=O) groups excluding carboxylic acids is 2. The summed E-state index contributed by atoms with van der Waals surface area (Å²) < 4.78 is 12.9. The van der Waals surface area contributed by atoms with E-state index in [-0.39, 0.29) is 21.9 Å². The molecule has 0 unspecified atom stereocenters. The molecule has 0 bridgehead atoms. The van der Waals surface area contributed by atoms with Crippen molar-refractivity contribution >= 4 is 314 Å². The maximum absolute atomic E-state index is 12.8. The molecule has 1 heterocycles. The van der Waals surface area contributed by atoms with Crippen LogP contribution in [0.5, 0.6) is 0 Å². The van der Waals surface area contributed by atoms with Crippen LogP contribution in [0.25, 0.3) is 291 Å². The number of unbranched alkanes of at least 4 members (excludes halogenated alkanes) is 8. The number of benzene rings is 18. The van der Waals surface area contributed by atoms with Crippen LogP contribution in [0.3, 0.4) is 0 Å². The Hall–Kier alpha value is -8.17. The fraction of sp³-hybridized carbons (Fsp3) is 0.268. The molecule has 0 atom stereocenters. The van der Waals surface area contributed by atoms with Crippen LogP contribution in [-0.2, 0) is 29.9 Å². The van der Waals surface area contributed by atoms with E-state index in [9.17, 15) is 9.59 Å². The zero-order valence-electron chi connectivity index (χ0n) is 48.4. The Balaban J connectivity index is 0.594. The normalized spacial score (nSPS) is 20.5. The van der Waals surface area contributed by atoms with Crippen LogP contribution in [0, 0.1) is 0 Å². The predicted octanol–water partition coefficient (Wildman–Crippen LogP) is 19.9. The van der Waals surface area contributed by atoms with Crippen LogP contribution in [-0.4, -0.2) is 74.3 Å². The van der Waals surface area contributed by atoms with Gasteiger partial charge in [0.1, 0.15) is 0 Å². The second kappa shape index (κ2) is 11.3. The fourth-order valence-corrected chi connectivity index (χ4v) is 28.4. The lowest BCUT2D eigenvalue weighted by atomic mass is 9.50. The number of amides is 1. The Morgan fingerprint density at radius 2 is 0.562 bits per heavy atom.